The topological polar surface area (TPSA) is 85.0 Å². The van der Waals surface area contributed by atoms with Gasteiger partial charge in [0.05, 0.1) is 23.5 Å². The van der Waals surface area contributed by atoms with Gasteiger partial charge >= 0.3 is 0 Å². The fourth-order valence-electron chi connectivity index (χ4n) is 1.85. The Morgan fingerprint density at radius 2 is 1.80 bits per heavy atom. The van der Waals surface area contributed by atoms with E-state index in [9.17, 15) is 8.42 Å². The number of benzene rings is 1. The summed E-state index contributed by atoms with van der Waals surface area (Å²) in [6.45, 7) is 3.77. The van der Waals surface area contributed by atoms with E-state index in [1.54, 1.807) is 38.1 Å². The fourth-order valence-corrected chi connectivity index (χ4v) is 3.64. The molecule has 106 valence electrons. The molecule has 0 bridgehead atoms. The van der Waals surface area contributed by atoms with Gasteiger partial charge in [-0.2, -0.15) is 14.8 Å². The molecule has 0 aliphatic carbocycles. The van der Waals surface area contributed by atoms with Crippen molar-refractivity contribution in [2.45, 2.75) is 32.1 Å². The molecule has 0 N–H and O–H groups in total. The van der Waals surface area contributed by atoms with Gasteiger partial charge in [0.15, 0.2) is 0 Å². The minimum atomic E-state index is -3.47. The van der Waals surface area contributed by atoms with Crippen LogP contribution in [-0.2, 0) is 15.8 Å². The third-order valence-corrected chi connectivity index (χ3v) is 4.83. The Balaban J connectivity index is 2.91. The lowest BCUT2D eigenvalue weighted by atomic mass is 10.2. The van der Waals surface area contributed by atoms with Crippen LogP contribution in [0.4, 0.5) is 0 Å². The van der Waals surface area contributed by atoms with Crippen LogP contribution < -0.4 is 0 Å². The Hall–Kier alpha value is -1.89. The Labute approximate surface area is 120 Å². The SMILES string of the molecule is CC(C)N(CCC#N)S(=O)(=O)Cc1ccc(C#N)cc1. The van der Waals surface area contributed by atoms with Crippen LogP contribution in [0.5, 0.6) is 0 Å². The predicted octanol–water partition coefficient (Wildman–Crippen LogP) is 2.01. The Morgan fingerprint density at radius 1 is 1.20 bits per heavy atom. The maximum Gasteiger partial charge on any atom is 0.218 e. The molecule has 0 aliphatic rings. The third-order valence-electron chi connectivity index (χ3n) is 2.81. The van der Waals surface area contributed by atoms with Gasteiger partial charge in [0.2, 0.25) is 10.0 Å². The number of hydrogen-bond donors (Lipinski definition) is 0. The van der Waals surface area contributed by atoms with Crippen LogP contribution in [0.3, 0.4) is 0 Å². The highest BCUT2D eigenvalue weighted by Crippen LogP contribution is 2.15. The summed E-state index contributed by atoms with van der Waals surface area (Å²) in [5.74, 6) is -0.123. The molecule has 20 heavy (non-hydrogen) atoms. The first-order valence-electron chi connectivity index (χ1n) is 6.26. The first-order chi connectivity index (χ1) is 9.40. The standard InChI is InChI=1S/C14H17N3O2S/c1-12(2)17(9-3-8-15)20(18,19)11-14-6-4-13(10-16)5-7-14/h4-7,12H,3,9,11H2,1-2H3. The summed E-state index contributed by atoms with van der Waals surface area (Å²) in [6.07, 6.45) is 0.171. The van der Waals surface area contributed by atoms with Gasteiger partial charge in [0, 0.05) is 19.0 Å². The molecule has 0 aliphatic heterocycles. The second-order valence-corrected chi connectivity index (χ2v) is 6.60. The van der Waals surface area contributed by atoms with Gasteiger partial charge in [-0.05, 0) is 31.5 Å². The first-order valence-corrected chi connectivity index (χ1v) is 7.87. The summed E-state index contributed by atoms with van der Waals surface area (Å²) in [6, 6.07) is 10.2. The van der Waals surface area contributed by atoms with Crippen LogP contribution in [0.1, 0.15) is 31.4 Å². The van der Waals surface area contributed by atoms with Crippen LogP contribution in [0.25, 0.3) is 0 Å². The van der Waals surface area contributed by atoms with E-state index in [1.807, 2.05) is 12.1 Å². The monoisotopic (exact) mass is 291 g/mol. The largest absolute Gasteiger partial charge is 0.218 e. The van der Waals surface area contributed by atoms with Crippen LogP contribution in [0, 0.1) is 22.7 Å². The molecule has 0 unspecified atom stereocenters. The molecular weight excluding hydrogens is 274 g/mol. The zero-order chi connectivity index (χ0) is 15.2. The lowest BCUT2D eigenvalue weighted by Crippen LogP contribution is -2.38. The molecule has 0 spiro atoms. The van der Waals surface area contributed by atoms with E-state index in [-0.39, 0.29) is 24.8 Å². The highest BCUT2D eigenvalue weighted by Gasteiger charge is 2.24. The predicted molar refractivity (Wildman–Crippen MR) is 75.9 cm³/mol. The van der Waals surface area contributed by atoms with Gasteiger partial charge in [-0.3, -0.25) is 0 Å². The zero-order valence-electron chi connectivity index (χ0n) is 11.6. The second kappa shape index (κ2) is 7.04. The zero-order valence-corrected chi connectivity index (χ0v) is 12.4. The van der Waals surface area contributed by atoms with Gasteiger partial charge in [0.25, 0.3) is 0 Å². The smallest absolute Gasteiger partial charge is 0.212 e. The number of nitriles is 2. The van der Waals surface area contributed by atoms with E-state index in [0.717, 1.165) is 0 Å². The molecular formula is C14H17N3O2S. The van der Waals surface area contributed by atoms with Crippen molar-refractivity contribution in [1.29, 1.82) is 10.5 Å². The van der Waals surface area contributed by atoms with E-state index in [1.165, 1.54) is 4.31 Å². The molecule has 0 saturated carbocycles. The summed E-state index contributed by atoms with van der Waals surface area (Å²) in [5, 5.41) is 17.3. The maximum atomic E-state index is 12.4. The van der Waals surface area contributed by atoms with Crippen LogP contribution in [0.15, 0.2) is 24.3 Å². The fraction of sp³-hybridized carbons (Fsp3) is 0.429. The Bertz CT molecular complexity index is 622. The van der Waals surface area contributed by atoms with Gasteiger partial charge < -0.3 is 0 Å². The molecule has 5 nitrogen and oxygen atoms in total. The summed E-state index contributed by atoms with van der Waals surface area (Å²) < 4.78 is 26.0. The maximum absolute atomic E-state index is 12.4. The Kier molecular flexibility index (Phi) is 5.69. The van der Waals surface area contributed by atoms with Gasteiger partial charge in [0.1, 0.15) is 0 Å². The summed E-state index contributed by atoms with van der Waals surface area (Å²) in [5.41, 5.74) is 1.13. The number of hydrogen-bond acceptors (Lipinski definition) is 4. The number of rotatable bonds is 6. The average molecular weight is 291 g/mol. The van der Waals surface area contributed by atoms with Crippen LogP contribution in [-0.4, -0.2) is 25.3 Å². The molecule has 0 saturated heterocycles. The molecule has 0 atom stereocenters. The molecule has 1 rings (SSSR count). The van der Waals surface area contributed by atoms with E-state index >= 15 is 0 Å². The number of sulfonamides is 1. The molecule has 0 fully saturated rings. The van der Waals surface area contributed by atoms with Crippen molar-refractivity contribution in [3.8, 4) is 12.1 Å². The highest BCUT2D eigenvalue weighted by atomic mass is 32.2. The minimum absolute atomic E-state index is 0.123. The molecule has 6 heteroatoms. The van der Waals surface area contributed by atoms with Gasteiger partial charge in [-0.1, -0.05) is 12.1 Å². The van der Waals surface area contributed by atoms with Crippen LogP contribution >= 0.6 is 0 Å². The van der Waals surface area contributed by atoms with E-state index in [2.05, 4.69) is 0 Å². The van der Waals surface area contributed by atoms with Gasteiger partial charge in [-0.25, -0.2) is 8.42 Å². The summed E-state index contributed by atoms with van der Waals surface area (Å²) in [7, 11) is -3.47. The molecule has 0 amide bonds. The van der Waals surface area contributed by atoms with E-state index in [4.69, 9.17) is 10.5 Å². The van der Waals surface area contributed by atoms with E-state index in [0.29, 0.717) is 11.1 Å². The van der Waals surface area contributed by atoms with Crippen molar-refractivity contribution in [3.63, 3.8) is 0 Å². The molecule has 0 heterocycles. The normalized spacial score (nSPS) is 11.3. The van der Waals surface area contributed by atoms with Crippen molar-refractivity contribution in [2.75, 3.05) is 6.54 Å². The number of nitrogens with zero attached hydrogens (tertiary/aromatic N) is 3. The summed E-state index contributed by atoms with van der Waals surface area (Å²) in [4.78, 5) is 0. The minimum Gasteiger partial charge on any atom is -0.212 e. The summed E-state index contributed by atoms with van der Waals surface area (Å²) >= 11 is 0. The molecule has 1 aromatic rings. The highest BCUT2D eigenvalue weighted by molar-refractivity contribution is 7.88. The molecule has 0 aromatic heterocycles. The molecule has 1 aromatic carbocycles. The average Bonchev–Trinajstić information content (AvgIpc) is 2.39. The lowest BCUT2D eigenvalue weighted by molar-refractivity contribution is 0.360. The van der Waals surface area contributed by atoms with E-state index < -0.39 is 10.0 Å². The second-order valence-electron chi connectivity index (χ2n) is 4.68. The van der Waals surface area contributed by atoms with Crippen molar-refractivity contribution < 1.29 is 8.42 Å². The van der Waals surface area contributed by atoms with Crippen molar-refractivity contribution >= 4 is 10.0 Å². The van der Waals surface area contributed by atoms with Crippen molar-refractivity contribution in [2.24, 2.45) is 0 Å². The van der Waals surface area contributed by atoms with Crippen molar-refractivity contribution in [1.82, 2.24) is 4.31 Å². The van der Waals surface area contributed by atoms with Gasteiger partial charge in [-0.15, -0.1) is 0 Å². The van der Waals surface area contributed by atoms with Crippen LogP contribution in [0.2, 0.25) is 0 Å². The lowest BCUT2D eigenvalue weighted by Gasteiger charge is -2.25. The van der Waals surface area contributed by atoms with Crippen molar-refractivity contribution in [3.05, 3.63) is 35.4 Å². The third kappa shape index (κ3) is 4.34. The molecule has 0 radical (unpaired) electrons. The first kappa shape index (κ1) is 16.2. The Morgan fingerprint density at radius 3 is 2.25 bits per heavy atom. The quantitative estimate of drug-likeness (QED) is 0.802.